The number of aromatic hydroxyl groups is 1. The van der Waals surface area contributed by atoms with E-state index < -0.39 is 5.54 Å². The molecule has 1 atom stereocenters. The van der Waals surface area contributed by atoms with Crippen LogP contribution < -0.4 is 5.32 Å². The molecule has 0 bridgehead atoms. The first-order valence-electron chi connectivity index (χ1n) is 7.28. The number of carbonyl (C=O) groups excluding carboxylic acids is 1. The fraction of sp³-hybridized carbons (Fsp3) is 0.400. The summed E-state index contributed by atoms with van der Waals surface area (Å²) in [6.45, 7) is 5.45. The number of phenolic OH excluding ortho intramolecular Hbond substituents is 1. The summed E-state index contributed by atoms with van der Waals surface area (Å²) in [7, 11) is 0. The zero-order valence-electron chi connectivity index (χ0n) is 13.6. The minimum Gasteiger partial charge on any atom is -0.508 e. The highest BCUT2D eigenvalue weighted by Gasteiger charge is 2.30. The first-order chi connectivity index (χ1) is 11.4. The van der Waals surface area contributed by atoms with Gasteiger partial charge >= 0.3 is 0 Å². The van der Waals surface area contributed by atoms with E-state index in [4.69, 9.17) is 0 Å². The Kier molecular flexibility index (Phi) is 5.41. The highest BCUT2D eigenvalue weighted by Crippen LogP contribution is 2.21. The summed E-state index contributed by atoms with van der Waals surface area (Å²) in [4.78, 5) is 12.1. The van der Waals surface area contributed by atoms with Gasteiger partial charge < -0.3 is 10.4 Å². The van der Waals surface area contributed by atoms with Crippen LogP contribution in [0.4, 0.5) is 0 Å². The largest absolute Gasteiger partial charge is 0.508 e. The van der Waals surface area contributed by atoms with E-state index in [0.717, 1.165) is 0 Å². The summed E-state index contributed by atoms with van der Waals surface area (Å²) in [6.07, 6.45) is 0. The summed E-state index contributed by atoms with van der Waals surface area (Å²) in [6, 6.07) is 8.52. The normalized spacial score (nSPS) is 13.3. The van der Waals surface area contributed by atoms with Gasteiger partial charge in [-0.2, -0.15) is 9.94 Å². The number of nitriles is 1. The van der Waals surface area contributed by atoms with Gasteiger partial charge in [0, 0.05) is 0 Å². The van der Waals surface area contributed by atoms with Crippen LogP contribution in [-0.4, -0.2) is 42.5 Å². The first-order valence-corrected chi connectivity index (χ1v) is 8.27. The lowest BCUT2D eigenvalue weighted by molar-refractivity contribution is -0.120. The fourth-order valence-electron chi connectivity index (χ4n) is 1.78. The maximum atomic E-state index is 12.1. The third kappa shape index (κ3) is 4.02. The number of amides is 1. The summed E-state index contributed by atoms with van der Waals surface area (Å²) in [5.74, 6) is -0.0516. The number of nitrogens with one attached hydrogen (secondary N) is 1. The number of rotatable bonds is 6. The summed E-state index contributed by atoms with van der Waals surface area (Å²) < 4.78 is 1.48. The molecule has 9 heteroatoms. The standard InChI is InChI=1S/C15H18N6O2S/c1-10(2)15(3,9-16)17-13(23)8-24-14-18-19-20-21(14)11-4-6-12(22)7-5-11/h4-7,10,22H,8H2,1-3H3,(H,17,23). The number of hydrogen-bond donors (Lipinski definition) is 2. The maximum Gasteiger partial charge on any atom is 0.231 e. The zero-order valence-corrected chi connectivity index (χ0v) is 14.4. The van der Waals surface area contributed by atoms with E-state index in [1.807, 2.05) is 13.8 Å². The van der Waals surface area contributed by atoms with Crippen molar-refractivity contribution in [1.29, 1.82) is 5.26 Å². The molecule has 1 aromatic carbocycles. The molecule has 1 aromatic heterocycles. The van der Waals surface area contributed by atoms with Crippen molar-refractivity contribution in [3.05, 3.63) is 24.3 Å². The molecule has 1 heterocycles. The fourth-order valence-corrected chi connectivity index (χ4v) is 2.47. The highest BCUT2D eigenvalue weighted by atomic mass is 32.2. The third-order valence-corrected chi connectivity index (χ3v) is 4.57. The van der Waals surface area contributed by atoms with E-state index in [1.165, 1.54) is 28.6 Å². The van der Waals surface area contributed by atoms with Crippen molar-refractivity contribution in [2.24, 2.45) is 5.92 Å². The second-order valence-electron chi connectivity index (χ2n) is 5.70. The van der Waals surface area contributed by atoms with Crippen molar-refractivity contribution in [3.63, 3.8) is 0 Å². The third-order valence-electron chi connectivity index (χ3n) is 3.65. The molecular weight excluding hydrogens is 328 g/mol. The van der Waals surface area contributed by atoms with Crippen LogP contribution in [0, 0.1) is 17.2 Å². The number of carbonyl (C=O) groups is 1. The van der Waals surface area contributed by atoms with Crippen LogP contribution in [0.15, 0.2) is 29.4 Å². The molecule has 24 heavy (non-hydrogen) atoms. The molecule has 0 radical (unpaired) electrons. The van der Waals surface area contributed by atoms with Gasteiger partial charge in [-0.1, -0.05) is 25.6 Å². The molecule has 8 nitrogen and oxygen atoms in total. The van der Waals surface area contributed by atoms with Gasteiger partial charge in [0.05, 0.1) is 17.5 Å². The highest BCUT2D eigenvalue weighted by molar-refractivity contribution is 7.99. The van der Waals surface area contributed by atoms with E-state index in [0.29, 0.717) is 10.8 Å². The van der Waals surface area contributed by atoms with Gasteiger partial charge in [-0.25, -0.2) is 0 Å². The SMILES string of the molecule is CC(C)C(C)(C#N)NC(=O)CSc1nnnn1-c1ccc(O)cc1. The van der Waals surface area contributed by atoms with Crippen LogP contribution in [0.2, 0.25) is 0 Å². The molecule has 0 spiro atoms. The summed E-state index contributed by atoms with van der Waals surface area (Å²) in [5.41, 5.74) is -0.245. The lowest BCUT2D eigenvalue weighted by Crippen LogP contribution is -2.49. The molecule has 0 aliphatic rings. The van der Waals surface area contributed by atoms with Crippen molar-refractivity contribution in [3.8, 4) is 17.5 Å². The molecule has 2 N–H and O–H groups in total. The van der Waals surface area contributed by atoms with Gasteiger partial charge in [-0.3, -0.25) is 4.79 Å². The number of hydrogen-bond acceptors (Lipinski definition) is 7. The number of benzene rings is 1. The summed E-state index contributed by atoms with van der Waals surface area (Å²) in [5, 5.41) is 33.1. The van der Waals surface area contributed by atoms with Gasteiger partial charge in [0.25, 0.3) is 0 Å². The average molecular weight is 346 g/mol. The minimum absolute atomic E-state index is 0.0150. The second kappa shape index (κ2) is 7.31. The van der Waals surface area contributed by atoms with E-state index >= 15 is 0 Å². The number of phenols is 1. The Bertz CT molecular complexity index is 752. The molecule has 0 saturated heterocycles. The van der Waals surface area contributed by atoms with Crippen molar-refractivity contribution >= 4 is 17.7 Å². The van der Waals surface area contributed by atoms with Crippen molar-refractivity contribution in [2.75, 3.05) is 5.75 Å². The van der Waals surface area contributed by atoms with Gasteiger partial charge in [0.2, 0.25) is 11.1 Å². The first kappa shape index (κ1) is 17.7. The Balaban J connectivity index is 2.03. The van der Waals surface area contributed by atoms with Gasteiger partial charge in [0.15, 0.2) is 0 Å². The van der Waals surface area contributed by atoms with E-state index in [2.05, 4.69) is 26.9 Å². The average Bonchev–Trinajstić information content (AvgIpc) is 3.02. The molecule has 1 amide bonds. The topological polar surface area (TPSA) is 117 Å². The number of thioether (sulfide) groups is 1. The van der Waals surface area contributed by atoms with Gasteiger partial charge in [-0.15, -0.1) is 5.10 Å². The quantitative estimate of drug-likeness (QED) is 0.761. The minimum atomic E-state index is -0.916. The Hall–Kier alpha value is -2.60. The Morgan fingerprint density at radius 2 is 2.12 bits per heavy atom. The zero-order chi connectivity index (χ0) is 17.7. The summed E-state index contributed by atoms with van der Waals surface area (Å²) >= 11 is 1.17. The van der Waals surface area contributed by atoms with Gasteiger partial charge in [-0.05, 0) is 47.5 Å². The molecule has 1 unspecified atom stereocenters. The predicted octanol–water partition coefficient (Wildman–Crippen LogP) is 1.51. The molecule has 0 aliphatic carbocycles. The van der Waals surface area contributed by atoms with Crippen LogP contribution in [0.5, 0.6) is 5.75 Å². The molecule has 0 fully saturated rings. The van der Waals surface area contributed by atoms with Crippen LogP contribution in [-0.2, 0) is 4.79 Å². The second-order valence-corrected chi connectivity index (χ2v) is 6.64. The van der Waals surface area contributed by atoms with Crippen LogP contribution in [0.25, 0.3) is 5.69 Å². The van der Waals surface area contributed by atoms with E-state index in [1.54, 1.807) is 19.1 Å². The monoisotopic (exact) mass is 346 g/mol. The number of tetrazole rings is 1. The number of nitrogens with zero attached hydrogens (tertiary/aromatic N) is 5. The number of aromatic nitrogens is 4. The van der Waals surface area contributed by atoms with E-state index in [9.17, 15) is 15.2 Å². The molecule has 0 aliphatic heterocycles. The van der Waals surface area contributed by atoms with Crippen molar-refractivity contribution in [2.45, 2.75) is 31.5 Å². The lowest BCUT2D eigenvalue weighted by atomic mass is 9.90. The molecule has 2 rings (SSSR count). The smallest absolute Gasteiger partial charge is 0.231 e. The molecular formula is C15H18N6O2S. The Labute approximate surface area is 143 Å². The van der Waals surface area contributed by atoms with Gasteiger partial charge in [0.1, 0.15) is 11.3 Å². The predicted molar refractivity (Wildman–Crippen MR) is 88.5 cm³/mol. The lowest BCUT2D eigenvalue weighted by Gasteiger charge is -2.27. The van der Waals surface area contributed by atoms with Crippen LogP contribution in [0.3, 0.4) is 0 Å². The van der Waals surface area contributed by atoms with Crippen LogP contribution >= 0.6 is 11.8 Å². The Morgan fingerprint density at radius 3 is 2.71 bits per heavy atom. The molecule has 2 aromatic rings. The van der Waals surface area contributed by atoms with Crippen molar-refractivity contribution < 1.29 is 9.90 Å². The Morgan fingerprint density at radius 1 is 1.46 bits per heavy atom. The van der Waals surface area contributed by atoms with Crippen LogP contribution in [0.1, 0.15) is 20.8 Å². The van der Waals surface area contributed by atoms with E-state index in [-0.39, 0.29) is 23.3 Å². The van der Waals surface area contributed by atoms with Crippen molar-refractivity contribution in [1.82, 2.24) is 25.5 Å². The maximum absolute atomic E-state index is 12.1. The molecule has 0 saturated carbocycles. The molecule has 126 valence electrons.